The van der Waals surface area contributed by atoms with Crippen LogP contribution in [0.15, 0.2) is 36.4 Å². The van der Waals surface area contributed by atoms with Crippen molar-refractivity contribution in [2.75, 3.05) is 25.2 Å². The molecule has 0 saturated carbocycles. The van der Waals surface area contributed by atoms with Gasteiger partial charge in [-0.15, -0.1) is 0 Å². The van der Waals surface area contributed by atoms with Crippen LogP contribution in [0.5, 0.6) is 5.75 Å². The molecule has 5 nitrogen and oxygen atoms in total. The van der Waals surface area contributed by atoms with E-state index in [-0.39, 0.29) is 12.0 Å². The highest BCUT2D eigenvalue weighted by atomic mass is 32.1. The first-order valence-corrected chi connectivity index (χ1v) is 10.0. The number of ether oxygens (including phenoxy) is 2. The molecular formula is C21H21FN2O3S. The molecule has 28 heavy (non-hydrogen) atoms. The molecular weight excluding hydrogens is 379 g/mol. The van der Waals surface area contributed by atoms with Gasteiger partial charge in [-0.05, 0) is 49.6 Å². The van der Waals surface area contributed by atoms with Crippen molar-refractivity contribution in [3.8, 4) is 5.75 Å². The standard InChI is InChI=1S/C21H21FN2O3S/c1-13-8-9-17(26-2)18-19(13)28-21(23-18)24(12-16-7-4-10-27-16)20(25)14-5-3-6-15(22)11-14/h3,5-6,8-9,11,16H,4,7,10,12H2,1-2H3. The molecule has 1 amide bonds. The summed E-state index contributed by atoms with van der Waals surface area (Å²) in [6.07, 6.45) is 1.81. The number of anilines is 1. The van der Waals surface area contributed by atoms with Gasteiger partial charge in [-0.2, -0.15) is 0 Å². The average molecular weight is 400 g/mol. The summed E-state index contributed by atoms with van der Waals surface area (Å²) < 4.78 is 25.8. The SMILES string of the molecule is COc1ccc(C)c2sc(N(CC3CCCO3)C(=O)c3cccc(F)c3)nc12. The lowest BCUT2D eigenvalue weighted by molar-refractivity contribution is 0.0917. The summed E-state index contributed by atoms with van der Waals surface area (Å²) in [6, 6.07) is 9.59. The van der Waals surface area contributed by atoms with Crippen LogP contribution in [0.25, 0.3) is 10.2 Å². The lowest BCUT2D eigenvalue weighted by Crippen LogP contribution is -2.37. The zero-order valence-corrected chi connectivity index (χ0v) is 16.6. The summed E-state index contributed by atoms with van der Waals surface area (Å²) in [7, 11) is 1.60. The zero-order chi connectivity index (χ0) is 19.7. The van der Waals surface area contributed by atoms with Gasteiger partial charge in [0.1, 0.15) is 17.1 Å². The smallest absolute Gasteiger partial charge is 0.260 e. The lowest BCUT2D eigenvalue weighted by Gasteiger charge is -2.23. The van der Waals surface area contributed by atoms with Crippen molar-refractivity contribution in [3.63, 3.8) is 0 Å². The third-order valence-corrected chi connectivity index (χ3v) is 6.08. The van der Waals surface area contributed by atoms with Crippen LogP contribution in [0, 0.1) is 12.7 Å². The molecule has 1 unspecified atom stereocenters. The quantitative estimate of drug-likeness (QED) is 0.629. The highest BCUT2D eigenvalue weighted by Gasteiger charge is 2.28. The van der Waals surface area contributed by atoms with Gasteiger partial charge >= 0.3 is 0 Å². The van der Waals surface area contributed by atoms with Gasteiger partial charge < -0.3 is 9.47 Å². The largest absolute Gasteiger partial charge is 0.494 e. The molecule has 0 spiro atoms. The van der Waals surface area contributed by atoms with Crippen LogP contribution in [0.2, 0.25) is 0 Å². The summed E-state index contributed by atoms with van der Waals surface area (Å²) in [6.45, 7) is 3.08. The van der Waals surface area contributed by atoms with Crippen LogP contribution in [-0.2, 0) is 4.74 Å². The zero-order valence-electron chi connectivity index (χ0n) is 15.8. The van der Waals surface area contributed by atoms with Crippen molar-refractivity contribution in [2.24, 2.45) is 0 Å². The van der Waals surface area contributed by atoms with E-state index in [9.17, 15) is 9.18 Å². The molecule has 1 aliphatic heterocycles. The lowest BCUT2D eigenvalue weighted by atomic mass is 10.1. The highest BCUT2D eigenvalue weighted by molar-refractivity contribution is 7.22. The third kappa shape index (κ3) is 3.59. The van der Waals surface area contributed by atoms with Gasteiger partial charge in [-0.1, -0.05) is 23.5 Å². The molecule has 1 saturated heterocycles. The summed E-state index contributed by atoms with van der Waals surface area (Å²) in [5, 5.41) is 0.562. The molecule has 1 aliphatic rings. The molecule has 0 aliphatic carbocycles. The molecule has 0 bridgehead atoms. The van der Waals surface area contributed by atoms with E-state index in [0.29, 0.717) is 29.6 Å². The number of aryl methyl sites for hydroxylation is 1. The number of fused-ring (bicyclic) bond motifs is 1. The van der Waals surface area contributed by atoms with Gasteiger partial charge in [0, 0.05) is 12.2 Å². The second-order valence-electron chi connectivity index (χ2n) is 6.82. The summed E-state index contributed by atoms with van der Waals surface area (Å²) in [5.74, 6) is -0.0613. The van der Waals surface area contributed by atoms with Crippen molar-refractivity contribution in [1.82, 2.24) is 4.98 Å². The van der Waals surface area contributed by atoms with Crippen LogP contribution in [0.3, 0.4) is 0 Å². The van der Waals surface area contributed by atoms with Crippen molar-refractivity contribution in [1.29, 1.82) is 0 Å². The molecule has 0 radical (unpaired) electrons. The predicted octanol–water partition coefficient (Wildman–Crippen LogP) is 4.58. The van der Waals surface area contributed by atoms with E-state index < -0.39 is 5.82 Å². The van der Waals surface area contributed by atoms with E-state index in [2.05, 4.69) is 0 Å². The maximum absolute atomic E-state index is 13.7. The number of amides is 1. The maximum atomic E-state index is 13.7. The van der Waals surface area contributed by atoms with Crippen molar-refractivity contribution in [3.05, 3.63) is 53.3 Å². The fraction of sp³-hybridized carbons (Fsp3) is 0.333. The second kappa shape index (κ2) is 7.85. The predicted molar refractivity (Wildman–Crippen MR) is 108 cm³/mol. The average Bonchev–Trinajstić information content (AvgIpc) is 3.36. The first kappa shape index (κ1) is 18.8. The number of hydrogen-bond acceptors (Lipinski definition) is 5. The van der Waals surface area contributed by atoms with E-state index in [1.165, 1.54) is 23.5 Å². The fourth-order valence-corrected chi connectivity index (χ4v) is 4.45. The molecule has 1 fully saturated rings. The Labute approximate surface area is 166 Å². The minimum absolute atomic E-state index is 0.0486. The topological polar surface area (TPSA) is 51.7 Å². The van der Waals surface area contributed by atoms with Crippen molar-refractivity contribution in [2.45, 2.75) is 25.9 Å². The number of nitrogens with zero attached hydrogens (tertiary/aromatic N) is 2. The molecule has 1 atom stereocenters. The van der Waals surface area contributed by atoms with Crippen LogP contribution < -0.4 is 9.64 Å². The molecule has 4 rings (SSSR count). The number of carbonyl (C=O) groups is 1. The first-order chi connectivity index (χ1) is 13.6. The number of benzene rings is 2. The van der Waals surface area contributed by atoms with E-state index in [1.54, 1.807) is 24.1 Å². The number of aromatic nitrogens is 1. The molecule has 7 heteroatoms. The van der Waals surface area contributed by atoms with Crippen molar-refractivity contribution < 1.29 is 18.7 Å². The number of carbonyl (C=O) groups excluding carboxylic acids is 1. The molecule has 2 heterocycles. The number of thiazole rings is 1. The summed E-state index contributed by atoms with van der Waals surface area (Å²) in [5.41, 5.74) is 2.09. The number of halogens is 1. The Bertz CT molecular complexity index is 1010. The van der Waals surface area contributed by atoms with Crippen molar-refractivity contribution >= 4 is 32.6 Å². The number of methoxy groups -OCH3 is 1. The Hall–Kier alpha value is -2.51. The monoisotopic (exact) mass is 400 g/mol. The summed E-state index contributed by atoms with van der Waals surface area (Å²) >= 11 is 1.44. The Morgan fingerprint density at radius 3 is 2.96 bits per heavy atom. The first-order valence-electron chi connectivity index (χ1n) is 9.20. The van der Waals surface area contributed by atoms with E-state index in [4.69, 9.17) is 14.5 Å². The maximum Gasteiger partial charge on any atom is 0.260 e. The van der Waals surface area contributed by atoms with Gasteiger partial charge in [-0.3, -0.25) is 9.69 Å². The molecule has 1 aromatic heterocycles. The minimum Gasteiger partial charge on any atom is -0.494 e. The Morgan fingerprint density at radius 2 is 2.25 bits per heavy atom. The fourth-order valence-electron chi connectivity index (χ4n) is 3.40. The van der Waals surface area contributed by atoms with Crippen LogP contribution in [0.4, 0.5) is 9.52 Å². The molecule has 2 aromatic carbocycles. The Morgan fingerprint density at radius 1 is 1.39 bits per heavy atom. The summed E-state index contributed by atoms with van der Waals surface area (Å²) in [4.78, 5) is 19.6. The van der Waals surface area contributed by atoms with Crippen LogP contribution in [0.1, 0.15) is 28.8 Å². The number of hydrogen-bond donors (Lipinski definition) is 0. The number of rotatable bonds is 5. The van der Waals surface area contributed by atoms with Gasteiger partial charge in [-0.25, -0.2) is 9.37 Å². The van der Waals surface area contributed by atoms with E-state index in [0.717, 1.165) is 28.6 Å². The van der Waals surface area contributed by atoms with Gasteiger partial charge in [0.25, 0.3) is 5.91 Å². The normalized spacial score (nSPS) is 16.5. The third-order valence-electron chi connectivity index (χ3n) is 4.87. The second-order valence-corrected chi connectivity index (χ2v) is 7.80. The Balaban J connectivity index is 1.77. The molecule has 146 valence electrons. The van der Waals surface area contributed by atoms with Gasteiger partial charge in [0.05, 0.1) is 24.5 Å². The minimum atomic E-state index is -0.440. The van der Waals surface area contributed by atoms with E-state index in [1.807, 2.05) is 19.1 Å². The molecule has 0 N–H and O–H groups in total. The van der Waals surface area contributed by atoms with E-state index >= 15 is 0 Å². The molecule has 3 aromatic rings. The van der Waals surface area contributed by atoms with Gasteiger partial charge in [0.2, 0.25) is 0 Å². The van der Waals surface area contributed by atoms with Gasteiger partial charge in [0.15, 0.2) is 5.13 Å². The van der Waals surface area contributed by atoms with Crippen LogP contribution in [-0.4, -0.2) is 37.3 Å². The Kier molecular flexibility index (Phi) is 5.28. The van der Waals surface area contributed by atoms with Crippen LogP contribution >= 0.6 is 11.3 Å². The highest BCUT2D eigenvalue weighted by Crippen LogP contribution is 2.37.